The molecular weight excluding hydrogens is 371 g/mol. The average Bonchev–Trinajstić information content (AvgIpc) is 2.62. The molecule has 0 heterocycles. The van der Waals surface area contributed by atoms with Crippen LogP contribution in [0.5, 0.6) is 5.75 Å². The minimum atomic E-state index is -4.52. The zero-order valence-corrected chi connectivity index (χ0v) is 14.6. The van der Waals surface area contributed by atoms with Crippen LogP contribution in [0.4, 0.5) is 24.5 Å². The lowest BCUT2D eigenvalue weighted by Crippen LogP contribution is -2.07. The molecule has 2 aromatic carbocycles. The van der Waals surface area contributed by atoms with Gasteiger partial charge in [-0.2, -0.15) is 18.4 Å². The number of hydrogen-bond donors (Lipinski definition) is 2. The second-order valence-electron chi connectivity index (χ2n) is 4.73. The minimum absolute atomic E-state index is 0.0525. The third-order valence-electron chi connectivity index (χ3n) is 3.11. The van der Waals surface area contributed by atoms with Crippen LogP contribution in [-0.2, 0) is 11.0 Å². The molecule has 0 saturated heterocycles. The lowest BCUT2D eigenvalue weighted by molar-refractivity contribution is -0.137. The Balaban J connectivity index is 0.000000263. The Morgan fingerprint density at radius 3 is 2.35 bits per heavy atom. The third-order valence-corrected chi connectivity index (χ3v) is 3.44. The lowest BCUT2D eigenvalue weighted by atomic mass is 10.2. The molecule has 0 aliphatic rings. The van der Waals surface area contributed by atoms with Gasteiger partial charge in [-0.15, -0.1) is 0 Å². The molecule has 2 rings (SSSR count). The first-order valence-corrected chi connectivity index (χ1v) is 7.47. The van der Waals surface area contributed by atoms with E-state index < -0.39 is 16.8 Å². The van der Waals surface area contributed by atoms with Crippen LogP contribution in [0.15, 0.2) is 36.4 Å². The summed E-state index contributed by atoms with van der Waals surface area (Å²) in [4.78, 5) is 9.99. The van der Waals surface area contributed by atoms with Crippen molar-refractivity contribution in [3.63, 3.8) is 0 Å². The normalized spacial score (nSPS) is 10.0. The molecule has 2 aromatic rings. The van der Waals surface area contributed by atoms with Crippen molar-refractivity contribution in [1.82, 2.24) is 0 Å². The van der Waals surface area contributed by atoms with Crippen molar-refractivity contribution < 1.29 is 22.7 Å². The number of benzene rings is 2. The van der Waals surface area contributed by atoms with Gasteiger partial charge in [-0.3, -0.25) is 4.79 Å². The minimum Gasteiger partial charge on any atom is -0.495 e. The van der Waals surface area contributed by atoms with Crippen LogP contribution in [0, 0.1) is 11.3 Å². The van der Waals surface area contributed by atoms with Crippen molar-refractivity contribution in [2.45, 2.75) is 6.18 Å². The van der Waals surface area contributed by atoms with Gasteiger partial charge >= 0.3 is 6.18 Å². The summed E-state index contributed by atoms with van der Waals surface area (Å²) in [5.74, 6) is 0.601. The molecule has 26 heavy (non-hydrogen) atoms. The highest BCUT2D eigenvalue weighted by Gasteiger charge is 2.33. The number of rotatable bonds is 4. The van der Waals surface area contributed by atoms with Gasteiger partial charge in [0, 0.05) is 24.5 Å². The quantitative estimate of drug-likeness (QED) is 0.758. The van der Waals surface area contributed by atoms with Gasteiger partial charge in [-0.1, -0.05) is 11.6 Å². The molecule has 0 aliphatic heterocycles. The predicted octanol–water partition coefficient (Wildman–Crippen LogP) is 4.54. The van der Waals surface area contributed by atoms with Gasteiger partial charge in [0.25, 0.3) is 0 Å². The maximum absolute atomic E-state index is 12.3. The molecule has 0 atom stereocenters. The monoisotopic (exact) mass is 385 g/mol. The Hall–Kier alpha value is -2.92. The summed E-state index contributed by atoms with van der Waals surface area (Å²) < 4.78 is 41.8. The summed E-state index contributed by atoms with van der Waals surface area (Å²) >= 11 is 5.34. The number of nitrogens with one attached hydrogen (secondary N) is 2. The molecule has 0 unspecified atom stereocenters. The number of hydrogen-bond acceptors (Lipinski definition) is 4. The highest BCUT2D eigenvalue weighted by Crippen LogP contribution is 2.36. The SMILES string of the molecule is CNc1ccc(C#N)c(OC)c1.O=CNc1ccc(Cl)c(C(F)(F)F)c1. The smallest absolute Gasteiger partial charge is 0.417 e. The molecule has 0 spiro atoms. The molecule has 138 valence electrons. The van der Waals surface area contributed by atoms with E-state index in [4.69, 9.17) is 21.6 Å². The Morgan fingerprint density at radius 1 is 1.19 bits per heavy atom. The van der Waals surface area contributed by atoms with E-state index in [9.17, 15) is 18.0 Å². The molecular formula is C17H15ClF3N3O2. The van der Waals surface area contributed by atoms with E-state index in [1.54, 1.807) is 19.2 Å². The van der Waals surface area contributed by atoms with Crippen molar-refractivity contribution in [2.75, 3.05) is 24.8 Å². The molecule has 2 N–H and O–H groups in total. The van der Waals surface area contributed by atoms with Crippen molar-refractivity contribution in [2.24, 2.45) is 0 Å². The molecule has 0 bridgehead atoms. The summed E-state index contributed by atoms with van der Waals surface area (Å²) in [6.45, 7) is 0. The number of nitriles is 1. The van der Waals surface area contributed by atoms with Gasteiger partial charge in [-0.05, 0) is 30.3 Å². The van der Waals surface area contributed by atoms with Crippen molar-refractivity contribution in [1.29, 1.82) is 5.26 Å². The van der Waals surface area contributed by atoms with Crippen molar-refractivity contribution in [3.05, 3.63) is 52.5 Å². The highest BCUT2D eigenvalue weighted by atomic mass is 35.5. The Bertz CT molecular complexity index is 805. The molecule has 0 fully saturated rings. The predicted molar refractivity (Wildman–Crippen MR) is 93.4 cm³/mol. The highest BCUT2D eigenvalue weighted by molar-refractivity contribution is 6.31. The van der Waals surface area contributed by atoms with Gasteiger partial charge < -0.3 is 15.4 Å². The summed E-state index contributed by atoms with van der Waals surface area (Å²) in [7, 11) is 3.37. The van der Waals surface area contributed by atoms with Crippen LogP contribution in [0.3, 0.4) is 0 Å². The summed E-state index contributed by atoms with van der Waals surface area (Å²) in [6, 6.07) is 10.5. The second kappa shape index (κ2) is 9.53. The molecule has 0 aromatic heterocycles. The van der Waals surface area contributed by atoms with E-state index in [1.807, 2.05) is 19.2 Å². The Labute approximate surface area is 153 Å². The van der Waals surface area contributed by atoms with Gasteiger partial charge in [-0.25, -0.2) is 0 Å². The summed E-state index contributed by atoms with van der Waals surface area (Å²) in [5.41, 5.74) is 0.574. The van der Waals surface area contributed by atoms with E-state index in [0.717, 1.165) is 17.8 Å². The van der Waals surface area contributed by atoms with E-state index >= 15 is 0 Å². The van der Waals surface area contributed by atoms with Crippen molar-refractivity contribution in [3.8, 4) is 11.8 Å². The fourth-order valence-electron chi connectivity index (χ4n) is 1.84. The number of nitrogens with zero attached hydrogens (tertiary/aromatic N) is 1. The third kappa shape index (κ3) is 5.86. The van der Waals surface area contributed by atoms with E-state index in [0.29, 0.717) is 17.7 Å². The molecule has 5 nitrogen and oxygen atoms in total. The number of amides is 1. The standard InChI is InChI=1S/C9H10N2O.C8H5ClF3NO/c1-11-8-4-3-7(6-10)9(5-8)12-2;9-7-2-1-5(13-4-14)3-6(7)8(10,11)12/h3-5,11H,1-2H3;1-4H,(H,13,14). The van der Waals surface area contributed by atoms with Crippen LogP contribution in [0.2, 0.25) is 5.02 Å². The maximum Gasteiger partial charge on any atom is 0.417 e. The average molecular weight is 386 g/mol. The lowest BCUT2D eigenvalue weighted by Gasteiger charge is -2.09. The Kier molecular flexibility index (Phi) is 7.75. The number of alkyl halides is 3. The summed E-state index contributed by atoms with van der Waals surface area (Å²) in [6.07, 6.45) is -4.22. The number of halogens is 4. The number of anilines is 2. The van der Waals surface area contributed by atoms with Crippen LogP contribution in [-0.4, -0.2) is 20.6 Å². The van der Waals surface area contributed by atoms with E-state index in [-0.39, 0.29) is 5.69 Å². The number of carbonyl (C=O) groups excluding carboxylic acids is 1. The second-order valence-corrected chi connectivity index (χ2v) is 5.14. The van der Waals surface area contributed by atoms with Crippen LogP contribution in [0.25, 0.3) is 0 Å². The van der Waals surface area contributed by atoms with Gasteiger partial charge in [0.2, 0.25) is 6.41 Å². The van der Waals surface area contributed by atoms with E-state index in [2.05, 4.69) is 10.6 Å². The first kappa shape index (κ1) is 21.1. The zero-order valence-electron chi connectivity index (χ0n) is 13.8. The van der Waals surface area contributed by atoms with Crippen LogP contribution >= 0.6 is 11.6 Å². The van der Waals surface area contributed by atoms with E-state index in [1.165, 1.54) is 6.07 Å². The number of methoxy groups -OCH3 is 1. The fourth-order valence-corrected chi connectivity index (χ4v) is 2.06. The molecule has 1 amide bonds. The topological polar surface area (TPSA) is 74.1 Å². The largest absolute Gasteiger partial charge is 0.495 e. The first-order valence-electron chi connectivity index (χ1n) is 7.09. The molecule has 0 radical (unpaired) electrons. The van der Waals surface area contributed by atoms with Crippen LogP contribution in [0.1, 0.15) is 11.1 Å². The fraction of sp³-hybridized carbons (Fsp3) is 0.176. The molecule has 9 heteroatoms. The van der Waals surface area contributed by atoms with Crippen LogP contribution < -0.4 is 15.4 Å². The number of ether oxygens (including phenoxy) is 1. The molecule has 0 aliphatic carbocycles. The summed E-state index contributed by atoms with van der Waals surface area (Å²) in [5, 5.41) is 13.3. The molecule has 0 saturated carbocycles. The zero-order chi connectivity index (χ0) is 19.7. The number of carbonyl (C=O) groups is 1. The Morgan fingerprint density at radius 2 is 1.85 bits per heavy atom. The maximum atomic E-state index is 12.3. The van der Waals surface area contributed by atoms with Gasteiger partial charge in [0.05, 0.1) is 23.3 Å². The van der Waals surface area contributed by atoms with Gasteiger partial charge in [0.1, 0.15) is 11.8 Å². The van der Waals surface area contributed by atoms with Gasteiger partial charge in [0.15, 0.2) is 0 Å². The van der Waals surface area contributed by atoms with Crippen molar-refractivity contribution >= 4 is 29.4 Å². The first-order chi connectivity index (χ1) is 12.3.